The van der Waals surface area contributed by atoms with Crippen LogP contribution in [0.2, 0.25) is 0 Å². The van der Waals surface area contributed by atoms with Crippen molar-refractivity contribution in [2.75, 3.05) is 27.8 Å². The van der Waals surface area contributed by atoms with E-state index in [0.717, 1.165) is 46.8 Å². The Bertz CT molecular complexity index is 806. The number of nitrogens with zero attached hydrogens (tertiary/aromatic N) is 5. The molecule has 0 aliphatic carbocycles. The van der Waals surface area contributed by atoms with E-state index in [9.17, 15) is 0 Å². The molecule has 1 aromatic carbocycles. The summed E-state index contributed by atoms with van der Waals surface area (Å²) in [6, 6.07) is 4.01. The van der Waals surface area contributed by atoms with Gasteiger partial charge < -0.3 is 24.3 Å². The third-order valence-corrected chi connectivity index (χ3v) is 4.50. The lowest BCUT2D eigenvalue weighted by molar-refractivity contribution is 0.353. The topological polar surface area (TPSA) is 76.8 Å². The smallest absolute Gasteiger partial charge is 0.194 e. The Kier molecular flexibility index (Phi) is 9.50. The van der Waals surface area contributed by atoms with Crippen LogP contribution < -0.4 is 14.8 Å². The molecule has 1 aromatic heterocycles. The maximum atomic E-state index is 5.43. The van der Waals surface area contributed by atoms with Gasteiger partial charge in [-0.25, -0.2) is 4.99 Å². The molecule has 0 unspecified atom stereocenters. The molecule has 0 fully saturated rings. The van der Waals surface area contributed by atoms with Gasteiger partial charge in [-0.3, -0.25) is 0 Å². The molecule has 0 aliphatic heterocycles. The summed E-state index contributed by atoms with van der Waals surface area (Å²) in [5, 5.41) is 11.6. The molecule has 0 spiro atoms. The predicted octanol–water partition coefficient (Wildman–Crippen LogP) is 2.66. The average Bonchev–Trinajstić information content (AvgIpc) is 2.98. The van der Waals surface area contributed by atoms with Gasteiger partial charge in [-0.05, 0) is 44.0 Å². The van der Waals surface area contributed by atoms with Crippen LogP contribution in [-0.2, 0) is 20.1 Å². The van der Waals surface area contributed by atoms with Crippen LogP contribution in [-0.4, -0.2) is 53.4 Å². The zero-order valence-electron chi connectivity index (χ0n) is 17.7. The number of aryl methyl sites for hydroxylation is 2. The number of hydrogen-bond donors (Lipinski definition) is 1. The molecule has 0 atom stereocenters. The molecule has 2 rings (SSSR count). The highest BCUT2D eigenvalue weighted by atomic mass is 127. The standard InChI is InChI=1S/C19H30N6O2.HI/c1-8-20-19(21-11-18-23-22-14(3)25(18)5)24(4)12-15-10-17(27-7)16(26-6)9-13(15)2;/h9-10H,8,11-12H2,1-7H3,(H,20,21);1H. The monoisotopic (exact) mass is 502 g/mol. The molecular formula is C19H31IN6O2. The summed E-state index contributed by atoms with van der Waals surface area (Å²) in [6.07, 6.45) is 0. The van der Waals surface area contributed by atoms with Crippen molar-refractivity contribution >= 4 is 29.9 Å². The number of benzene rings is 1. The predicted molar refractivity (Wildman–Crippen MR) is 122 cm³/mol. The normalized spacial score (nSPS) is 11.0. The highest BCUT2D eigenvalue weighted by Crippen LogP contribution is 2.30. The van der Waals surface area contributed by atoms with Crippen molar-refractivity contribution in [1.29, 1.82) is 0 Å². The van der Waals surface area contributed by atoms with E-state index >= 15 is 0 Å². The number of hydrogen-bond acceptors (Lipinski definition) is 5. The second-order valence-electron chi connectivity index (χ2n) is 6.38. The van der Waals surface area contributed by atoms with Crippen molar-refractivity contribution in [3.63, 3.8) is 0 Å². The number of aromatic nitrogens is 3. The van der Waals surface area contributed by atoms with E-state index in [2.05, 4.69) is 34.3 Å². The number of halogens is 1. The third-order valence-electron chi connectivity index (χ3n) is 4.50. The Labute approximate surface area is 184 Å². The SMILES string of the molecule is CCNC(=NCc1nnc(C)n1C)N(C)Cc1cc(OC)c(OC)cc1C.I. The minimum absolute atomic E-state index is 0. The van der Waals surface area contributed by atoms with Crippen molar-refractivity contribution in [1.82, 2.24) is 25.0 Å². The quantitative estimate of drug-likeness (QED) is 0.357. The second kappa shape index (κ2) is 11.1. The van der Waals surface area contributed by atoms with Crippen molar-refractivity contribution in [2.24, 2.45) is 12.0 Å². The molecule has 0 saturated carbocycles. The Hall–Kier alpha value is -2.04. The summed E-state index contributed by atoms with van der Waals surface area (Å²) < 4.78 is 12.8. The molecule has 156 valence electrons. The Morgan fingerprint density at radius 3 is 2.36 bits per heavy atom. The van der Waals surface area contributed by atoms with Gasteiger partial charge in [0.25, 0.3) is 0 Å². The molecule has 0 aliphatic rings. The number of nitrogens with one attached hydrogen (secondary N) is 1. The summed E-state index contributed by atoms with van der Waals surface area (Å²) in [5.41, 5.74) is 2.29. The Morgan fingerprint density at radius 2 is 1.82 bits per heavy atom. The number of ether oxygens (including phenoxy) is 2. The minimum atomic E-state index is 0. The van der Waals surface area contributed by atoms with Gasteiger partial charge in [0.05, 0.1) is 14.2 Å². The molecule has 1 N–H and O–H groups in total. The highest BCUT2D eigenvalue weighted by molar-refractivity contribution is 14.0. The Balaban J connectivity index is 0.00000392. The fourth-order valence-electron chi connectivity index (χ4n) is 2.73. The first-order valence-electron chi connectivity index (χ1n) is 8.97. The lowest BCUT2D eigenvalue weighted by Crippen LogP contribution is -2.38. The lowest BCUT2D eigenvalue weighted by atomic mass is 10.1. The molecule has 0 bridgehead atoms. The second-order valence-corrected chi connectivity index (χ2v) is 6.38. The van der Waals surface area contributed by atoms with Gasteiger partial charge >= 0.3 is 0 Å². The summed E-state index contributed by atoms with van der Waals surface area (Å²) in [6.45, 7) is 7.99. The van der Waals surface area contributed by atoms with Crippen LogP contribution >= 0.6 is 24.0 Å². The molecule has 0 radical (unpaired) electrons. The number of rotatable bonds is 7. The molecule has 8 nitrogen and oxygen atoms in total. The van der Waals surface area contributed by atoms with E-state index in [1.54, 1.807) is 14.2 Å². The van der Waals surface area contributed by atoms with Crippen LogP contribution in [0.3, 0.4) is 0 Å². The molecule has 0 saturated heterocycles. The van der Waals surface area contributed by atoms with E-state index in [1.807, 2.05) is 37.7 Å². The number of methoxy groups -OCH3 is 2. The van der Waals surface area contributed by atoms with Gasteiger partial charge in [0.2, 0.25) is 0 Å². The third kappa shape index (κ3) is 5.73. The van der Waals surface area contributed by atoms with E-state index in [-0.39, 0.29) is 24.0 Å². The van der Waals surface area contributed by atoms with Gasteiger partial charge in [0.15, 0.2) is 23.3 Å². The van der Waals surface area contributed by atoms with Gasteiger partial charge in [-0.2, -0.15) is 0 Å². The molecule has 2 aromatic rings. The zero-order valence-corrected chi connectivity index (χ0v) is 20.1. The largest absolute Gasteiger partial charge is 0.493 e. The van der Waals surface area contributed by atoms with E-state index in [0.29, 0.717) is 13.1 Å². The first-order valence-corrected chi connectivity index (χ1v) is 8.97. The average molecular weight is 502 g/mol. The van der Waals surface area contributed by atoms with Gasteiger partial charge in [-0.15, -0.1) is 34.2 Å². The fourth-order valence-corrected chi connectivity index (χ4v) is 2.73. The lowest BCUT2D eigenvalue weighted by Gasteiger charge is -2.23. The van der Waals surface area contributed by atoms with Crippen molar-refractivity contribution in [2.45, 2.75) is 33.9 Å². The molecule has 9 heteroatoms. The van der Waals surface area contributed by atoms with Crippen LogP contribution in [0.15, 0.2) is 17.1 Å². The van der Waals surface area contributed by atoms with Crippen LogP contribution in [0.1, 0.15) is 29.7 Å². The Morgan fingerprint density at radius 1 is 1.18 bits per heavy atom. The summed E-state index contributed by atoms with van der Waals surface area (Å²) in [4.78, 5) is 6.80. The zero-order chi connectivity index (χ0) is 20.0. The van der Waals surface area contributed by atoms with E-state index in [4.69, 9.17) is 14.5 Å². The summed E-state index contributed by atoms with van der Waals surface area (Å²) in [5.74, 6) is 3.98. The maximum absolute atomic E-state index is 5.43. The van der Waals surface area contributed by atoms with E-state index < -0.39 is 0 Å². The van der Waals surface area contributed by atoms with Gasteiger partial charge in [0, 0.05) is 27.2 Å². The minimum Gasteiger partial charge on any atom is -0.493 e. The molecule has 28 heavy (non-hydrogen) atoms. The highest BCUT2D eigenvalue weighted by Gasteiger charge is 2.13. The molecular weight excluding hydrogens is 471 g/mol. The van der Waals surface area contributed by atoms with Crippen LogP contribution in [0, 0.1) is 13.8 Å². The van der Waals surface area contributed by atoms with Crippen molar-refractivity contribution < 1.29 is 9.47 Å². The first kappa shape index (κ1) is 24.0. The summed E-state index contributed by atoms with van der Waals surface area (Å²) >= 11 is 0. The van der Waals surface area contributed by atoms with Crippen LogP contribution in [0.4, 0.5) is 0 Å². The van der Waals surface area contributed by atoms with Crippen molar-refractivity contribution in [3.05, 3.63) is 34.9 Å². The summed E-state index contributed by atoms with van der Waals surface area (Å²) in [7, 11) is 7.26. The van der Waals surface area contributed by atoms with Gasteiger partial charge in [-0.1, -0.05) is 0 Å². The fraction of sp³-hybridized carbons (Fsp3) is 0.526. The maximum Gasteiger partial charge on any atom is 0.194 e. The van der Waals surface area contributed by atoms with Crippen LogP contribution in [0.5, 0.6) is 11.5 Å². The molecule has 0 amide bonds. The van der Waals surface area contributed by atoms with Crippen molar-refractivity contribution in [3.8, 4) is 11.5 Å². The first-order chi connectivity index (χ1) is 12.9. The van der Waals surface area contributed by atoms with Gasteiger partial charge in [0.1, 0.15) is 12.4 Å². The van der Waals surface area contributed by atoms with Crippen LogP contribution in [0.25, 0.3) is 0 Å². The van der Waals surface area contributed by atoms with E-state index in [1.165, 1.54) is 0 Å². The number of aliphatic imine (C=N–C) groups is 1. The number of guanidine groups is 1. The molecule has 1 heterocycles.